The Morgan fingerprint density at radius 3 is 2.72 bits per heavy atom. The molecule has 36 heavy (non-hydrogen) atoms. The molecule has 5 nitrogen and oxygen atoms in total. The standard InChI is InChI=1S/C30H37N3O2S/c34-28(25-7-3-9-26-24(25)8-4-16-31-26)19-22-12-10-21(11-13-22)14-17-33-18-15-29-27(20-33)32-30(36-29)35-23-5-1-2-6-23/h3-4,7-9,16,21-23H,1-2,5-6,10-15,17-20H2. The van der Waals surface area contributed by atoms with Crippen molar-refractivity contribution in [2.24, 2.45) is 11.8 Å². The van der Waals surface area contributed by atoms with Crippen LogP contribution < -0.4 is 4.74 Å². The van der Waals surface area contributed by atoms with E-state index in [1.807, 2.05) is 30.3 Å². The number of benzene rings is 1. The summed E-state index contributed by atoms with van der Waals surface area (Å²) in [7, 11) is 0. The number of aromatic nitrogens is 2. The number of pyridine rings is 1. The first-order valence-electron chi connectivity index (χ1n) is 14.0. The Hall–Kier alpha value is -2.31. The summed E-state index contributed by atoms with van der Waals surface area (Å²) in [5.41, 5.74) is 3.00. The fourth-order valence-corrected chi connectivity index (χ4v) is 7.40. The Bertz CT molecular complexity index is 1190. The number of rotatable bonds is 8. The minimum absolute atomic E-state index is 0.278. The van der Waals surface area contributed by atoms with Crippen molar-refractivity contribution in [3.05, 3.63) is 52.7 Å². The number of nitrogens with zero attached hydrogens (tertiary/aromatic N) is 3. The molecule has 2 saturated carbocycles. The van der Waals surface area contributed by atoms with Crippen molar-refractivity contribution in [3.63, 3.8) is 0 Å². The predicted octanol–water partition coefficient (Wildman–Crippen LogP) is 6.84. The molecule has 2 fully saturated rings. The molecule has 3 aliphatic rings. The van der Waals surface area contributed by atoms with Crippen LogP contribution in [0.3, 0.4) is 0 Å². The van der Waals surface area contributed by atoms with Crippen molar-refractivity contribution < 1.29 is 9.53 Å². The molecular weight excluding hydrogens is 466 g/mol. The van der Waals surface area contributed by atoms with Gasteiger partial charge in [-0.05, 0) is 81.9 Å². The van der Waals surface area contributed by atoms with Gasteiger partial charge in [-0.2, -0.15) is 0 Å². The van der Waals surface area contributed by atoms with E-state index in [0.29, 0.717) is 18.4 Å². The van der Waals surface area contributed by atoms with Gasteiger partial charge in [-0.15, -0.1) is 0 Å². The van der Waals surface area contributed by atoms with Crippen molar-refractivity contribution in [1.29, 1.82) is 0 Å². The Balaban J connectivity index is 0.952. The Morgan fingerprint density at radius 2 is 1.86 bits per heavy atom. The smallest absolute Gasteiger partial charge is 0.273 e. The lowest BCUT2D eigenvalue weighted by Crippen LogP contribution is -2.32. The van der Waals surface area contributed by atoms with Crippen LogP contribution >= 0.6 is 11.3 Å². The van der Waals surface area contributed by atoms with Gasteiger partial charge in [0, 0.05) is 41.5 Å². The molecule has 1 aliphatic heterocycles. The summed E-state index contributed by atoms with van der Waals surface area (Å²) in [5, 5.41) is 1.89. The first-order valence-corrected chi connectivity index (χ1v) is 14.8. The lowest BCUT2D eigenvalue weighted by molar-refractivity contribution is 0.0941. The second-order valence-electron chi connectivity index (χ2n) is 11.1. The summed E-state index contributed by atoms with van der Waals surface area (Å²) in [6.45, 7) is 3.28. The predicted molar refractivity (Wildman–Crippen MR) is 145 cm³/mol. The average molecular weight is 504 g/mol. The van der Waals surface area contributed by atoms with E-state index in [1.54, 1.807) is 17.5 Å². The maximum Gasteiger partial charge on any atom is 0.273 e. The molecule has 190 valence electrons. The van der Waals surface area contributed by atoms with Crippen molar-refractivity contribution in [3.8, 4) is 5.19 Å². The third kappa shape index (κ3) is 5.50. The monoisotopic (exact) mass is 503 g/mol. The number of carbonyl (C=O) groups excluding carboxylic acids is 1. The maximum atomic E-state index is 13.1. The molecular formula is C30H37N3O2S. The van der Waals surface area contributed by atoms with Crippen LogP contribution in [0.5, 0.6) is 5.19 Å². The summed E-state index contributed by atoms with van der Waals surface area (Å²) < 4.78 is 6.17. The number of hydrogen-bond acceptors (Lipinski definition) is 6. The van der Waals surface area contributed by atoms with Crippen molar-refractivity contribution in [1.82, 2.24) is 14.9 Å². The number of fused-ring (bicyclic) bond motifs is 2. The minimum atomic E-state index is 0.278. The van der Waals surface area contributed by atoms with E-state index in [9.17, 15) is 4.79 Å². The number of ketones is 1. The van der Waals surface area contributed by atoms with E-state index in [1.165, 1.54) is 68.4 Å². The molecule has 2 aromatic heterocycles. The zero-order valence-corrected chi connectivity index (χ0v) is 22.0. The zero-order valence-electron chi connectivity index (χ0n) is 21.2. The first-order chi connectivity index (χ1) is 17.7. The van der Waals surface area contributed by atoms with Gasteiger partial charge in [0.2, 0.25) is 0 Å². The van der Waals surface area contributed by atoms with E-state index < -0.39 is 0 Å². The molecule has 0 N–H and O–H groups in total. The molecule has 1 aromatic carbocycles. The van der Waals surface area contributed by atoms with Crippen LogP contribution in [-0.4, -0.2) is 39.8 Å². The van der Waals surface area contributed by atoms with Crippen LogP contribution in [0.25, 0.3) is 10.9 Å². The van der Waals surface area contributed by atoms with Crippen LogP contribution in [0.4, 0.5) is 0 Å². The number of ether oxygens (including phenoxy) is 1. The molecule has 6 rings (SSSR count). The van der Waals surface area contributed by atoms with Gasteiger partial charge in [-0.3, -0.25) is 14.7 Å². The second-order valence-corrected chi connectivity index (χ2v) is 12.1. The Morgan fingerprint density at radius 1 is 1.03 bits per heavy atom. The van der Waals surface area contributed by atoms with Gasteiger partial charge in [-0.25, -0.2) is 4.98 Å². The van der Waals surface area contributed by atoms with E-state index in [0.717, 1.165) is 53.6 Å². The molecule has 0 unspecified atom stereocenters. The normalized spacial score (nSPS) is 23.1. The van der Waals surface area contributed by atoms with E-state index in [4.69, 9.17) is 9.72 Å². The van der Waals surface area contributed by atoms with Crippen LogP contribution in [0, 0.1) is 11.8 Å². The SMILES string of the molecule is O=C(CC1CCC(CCN2CCc3sc(OC4CCCC4)nc3C2)CC1)c1cccc2ncccc12. The highest BCUT2D eigenvalue weighted by Crippen LogP contribution is 2.36. The molecule has 6 heteroatoms. The van der Waals surface area contributed by atoms with Gasteiger partial charge in [0.15, 0.2) is 5.78 Å². The summed E-state index contributed by atoms with van der Waals surface area (Å²) in [6, 6.07) is 9.85. The topological polar surface area (TPSA) is 55.3 Å². The molecule has 0 radical (unpaired) electrons. The second kappa shape index (κ2) is 11.0. The third-order valence-electron chi connectivity index (χ3n) is 8.60. The molecule has 0 spiro atoms. The van der Waals surface area contributed by atoms with Crippen LogP contribution in [0.15, 0.2) is 36.5 Å². The third-order valence-corrected chi connectivity index (χ3v) is 9.65. The number of hydrogen-bond donors (Lipinski definition) is 0. The highest BCUT2D eigenvalue weighted by atomic mass is 32.1. The lowest BCUT2D eigenvalue weighted by atomic mass is 9.78. The van der Waals surface area contributed by atoms with Crippen molar-refractivity contribution >= 4 is 28.0 Å². The number of carbonyl (C=O) groups is 1. The summed E-state index contributed by atoms with van der Waals surface area (Å²) >= 11 is 1.78. The molecule has 0 atom stereocenters. The molecule has 0 bridgehead atoms. The molecule has 0 saturated heterocycles. The van der Waals surface area contributed by atoms with Crippen molar-refractivity contribution in [2.75, 3.05) is 13.1 Å². The van der Waals surface area contributed by atoms with Crippen LogP contribution in [0.2, 0.25) is 0 Å². The highest BCUT2D eigenvalue weighted by molar-refractivity contribution is 7.13. The summed E-state index contributed by atoms with van der Waals surface area (Å²) in [6.07, 6.45) is 15.1. The van der Waals surface area contributed by atoms with Crippen molar-refractivity contribution in [2.45, 2.75) is 83.3 Å². The van der Waals surface area contributed by atoms with Gasteiger partial charge >= 0.3 is 0 Å². The molecule has 3 aromatic rings. The minimum Gasteiger partial charge on any atom is -0.467 e. The fraction of sp³-hybridized carbons (Fsp3) is 0.567. The Labute approximate surface area is 218 Å². The van der Waals surface area contributed by atoms with Gasteiger partial charge in [0.25, 0.3) is 5.19 Å². The quantitative estimate of drug-likeness (QED) is 0.315. The first kappa shape index (κ1) is 24.1. The summed E-state index contributed by atoms with van der Waals surface area (Å²) in [4.78, 5) is 26.4. The Kier molecular flexibility index (Phi) is 7.33. The molecule has 0 amide bonds. The lowest BCUT2D eigenvalue weighted by Gasteiger charge is -2.31. The zero-order chi connectivity index (χ0) is 24.3. The maximum absolute atomic E-state index is 13.1. The average Bonchev–Trinajstić information content (AvgIpc) is 3.57. The summed E-state index contributed by atoms with van der Waals surface area (Å²) in [5.74, 6) is 1.59. The van der Waals surface area contributed by atoms with Gasteiger partial charge in [0.05, 0.1) is 11.2 Å². The largest absolute Gasteiger partial charge is 0.467 e. The van der Waals surface area contributed by atoms with E-state index >= 15 is 0 Å². The highest BCUT2D eigenvalue weighted by Gasteiger charge is 2.27. The number of Topliss-reactive ketones (excluding diaryl/α,β-unsaturated/α-hetero) is 1. The van der Waals surface area contributed by atoms with Gasteiger partial charge in [-0.1, -0.05) is 42.4 Å². The fourth-order valence-electron chi connectivity index (χ4n) is 6.43. The number of thiazole rings is 1. The molecule has 3 heterocycles. The van der Waals surface area contributed by atoms with Crippen LogP contribution in [0.1, 0.15) is 85.1 Å². The van der Waals surface area contributed by atoms with E-state index in [-0.39, 0.29) is 5.78 Å². The molecule has 2 aliphatic carbocycles. The van der Waals surface area contributed by atoms with Crippen LogP contribution in [-0.2, 0) is 13.0 Å². The van der Waals surface area contributed by atoms with E-state index in [2.05, 4.69) is 9.88 Å². The van der Waals surface area contributed by atoms with Gasteiger partial charge < -0.3 is 4.74 Å². The van der Waals surface area contributed by atoms with Gasteiger partial charge in [0.1, 0.15) is 6.10 Å².